The van der Waals surface area contributed by atoms with Gasteiger partial charge in [0, 0.05) is 24.5 Å². The van der Waals surface area contributed by atoms with E-state index in [0.717, 1.165) is 0 Å². The highest BCUT2D eigenvalue weighted by atomic mass is 35.5. The van der Waals surface area contributed by atoms with E-state index >= 15 is 0 Å². The van der Waals surface area contributed by atoms with Crippen molar-refractivity contribution in [2.24, 2.45) is 13.0 Å². The first-order valence-electron chi connectivity index (χ1n) is 12.7. The number of benzene rings is 2. The van der Waals surface area contributed by atoms with Crippen LogP contribution in [0.1, 0.15) is 40.8 Å². The molecule has 7 nitrogen and oxygen atoms in total. The number of fused-ring (bicyclic) bond motifs is 1. The molecule has 0 radical (unpaired) electrons. The monoisotopic (exact) mass is 569 g/mol. The predicted molar refractivity (Wildman–Crippen MR) is 144 cm³/mol. The van der Waals surface area contributed by atoms with Gasteiger partial charge in [0.05, 0.1) is 53.4 Å². The lowest BCUT2D eigenvalue weighted by molar-refractivity contribution is -0.185. The SMILES string of the molecule is COc1nc2ccc(C(O)(c3ccc(C#N)cc3)c3cncn3C)cc2c(Cl)c1CN1CCC(C(F)(F)F)CC1. The normalized spacial score (nSPS) is 16.6. The molecular formula is C29H27ClF3N5O2. The average Bonchev–Trinajstić information content (AvgIpc) is 3.40. The number of alkyl halides is 3. The molecule has 40 heavy (non-hydrogen) atoms. The number of piperidine rings is 1. The van der Waals surface area contributed by atoms with Crippen LogP contribution in [0.2, 0.25) is 5.02 Å². The average molecular weight is 570 g/mol. The molecule has 2 aromatic carbocycles. The van der Waals surface area contributed by atoms with E-state index in [2.05, 4.69) is 16.0 Å². The van der Waals surface area contributed by atoms with Crippen molar-refractivity contribution < 1.29 is 23.0 Å². The van der Waals surface area contributed by atoms with E-state index in [1.54, 1.807) is 66.6 Å². The van der Waals surface area contributed by atoms with Gasteiger partial charge in [0.1, 0.15) is 0 Å². The summed E-state index contributed by atoms with van der Waals surface area (Å²) >= 11 is 6.95. The first kappa shape index (κ1) is 27.9. The van der Waals surface area contributed by atoms with Gasteiger partial charge in [0.25, 0.3) is 0 Å². The number of pyridine rings is 1. The molecule has 1 atom stereocenters. The van der Waals surface area contributed by atoms with Crippen molar-refractivity contribution in [3.05, 3.63) is 88.0 Å². The van der Waals surface area contributed by atoms with Crippen molar-refractivity contribution in [1.82, 2.24) is 19.4 Å². The zero-order chi connectivity index (χ0) is 28.7. The van der Waals surface area contributed by atoms with E-state index in [9.17, 15) is 23.5 Å². The van der Waals surface area contributed by atoms with Gasteiger partial charge < -0.3 is 14.4 Å². The zero-order valence-electron chi connectivity index (χ0n) is 21.9. The van der Waals surface area contributed by atoms with Gasteiger partial charge in [-0.2, -0.15) is 18.4 Å². The van der Waals surface area contributed by atoms with Crippen LogP contribution in [0, 0.1) is 17.2 Å². The number of aromatic nitrogens is 3. The van der Waals surface area contributed by atoms with E-state index in [1.165, 1.54) is 7.11 Å². The molecule has 0 amide bonds. The van der Waals surface area contributed by atoms with Crippen molar-refractivity contribution in [3.8, 4) is 11.9 Å². The Morgan fingerprint density at radius 3 is 2.38 bits per heavy atom. The lowest BCUT2D eigenvalue weighted by Gasteiger charge is -2.33. The molecule has 1 aliphatic rings. The highest BCUT2D eigenvalue weighted by Gasteiger charge is 2.41. The smallest absolute Gasteiger partial charge is 0.391 e. The van der Waals surface area contributed by atoms with Crippen LogP contribution in [0.15, 0.2) is 55.0 Å². The first-order chi connectivity index (χ1) is 19.1. The second-order valence-corrected chi connectivity index (χ2v) is 10.4. The number of hydrogen-bond acceptors (Lipinski definition) is 6. The summed E-state index contributed by atoms with van der Waals surface area (Å²) in [6, 6.07) is 14.0. The second-order valence-electron chi connectivity index (χ2n) is 10.0. The summed E-state index contributed by atoms with van der Waals surface area (Å²) in [6.07, 6.45) is -0.980. The molecule has 0 bridgehead atoms. The number of rotatable bonds is 6. The summed E-state index contributed by atoms with van der Waals surface area (Å²) in [4.78, 5) is 10.7. The molecule has 1 unspecified atom stereocenters. The molecule has 0 aliphatic carbocycles. The van der Waals surface area contributed by atoms with Gasteiger partial charge in [0.15, 0.2) is 5.60 Å². The minimum absolute atomic E-state index is 0.0247. The number of likely N-dealkylation sites (tertiary alicyclic amines) is 1. The number of ether oxygens (including phenoxy) is 1. The molecule has 208 valence electrons. The third-order valence-corrected chi connectivity index (χ3v) is 8.07. The molecular weight excluding hydrogens is 543 g/mol. The van der Waals surface area contributed by atoms with Crippen molar-refractivity contribution in [3.63, 3.8) is 0 Å². The van der Waals surface area contributed by atoms with Gasteiger partial charge in [-0.15, -0.1) is 0 Å². The standard InChI is InChI=1S/C29H27ClF3N5O2/c1-37-17-35-15-25(37)28(39,19-5-3-18(14-34)4-6-19)21-7-8-24-22(13-21)26(30)23(27(36-24)40-2)16-38-11-9-20(10-12-38)29(31,32)33/h3-8,13,15,17,20,39H,9-12,16H2,1-2H3. The maximum Gasteiger partial charge on any atom is 0.391 e. The minimum atomic E-state index is -4.19. The maximum absolute atomic E-state index is 13.2. The molecule has 1 N–H and O–H groups in total. The van der Waals surface area contributed by atoms with Crippen molar-refractivity contribution in [2.45, 2.75) is 31.2 Å². The number of halogens is 4. The number of imidazole rings is 1. The molecule has 3 heterocycles. The van der Waals surface area contributed by atoms with Crippen molar-refractivity contribution >= 4 is 22.5 Å². The molecule has 11 heteroatoms. The fourth-order valence-electron chi connectivity index (χ4n) is 5.37. The summed E-state index contributed by atoms with van der Waals surface area (Å²) in [7, 11) is 3.25. The molecule has 1 aliphatic heterocycles. The lowest BCUT2D eigenvalue weighted by Crippen LogP contribution is -2.38. The number of nitrogens with zero attached hydrogens (tertiary/aromatic N) is 5. The quantitative estimate of drug-likeness (QED) is 0.327. The third kappa shape index (κ3) is 5.01. The fraction of sp³-hybridized carbons (Fsp3) is 0.345. The second kappa shape index (κ2) is 10.7. The zero-order valence-corrected chi connectivity index (χ0v) is 22.7. The van der Waals surface area contributed by atoms with E-state index < -0.39 is 17.7 Å². The van der Waals surface area contributed by atoms with Crippen molar-refractivity contribution in [2.75, 3.05) is 20.2 Å². The number of aryl methyl sites for hydroxylation is 1. The van der Waals surface area contributed by atoms with Crippen LogP contribution >= 0.6 is 11.6 Å². The van der Waals surface area contributed by atoms with E-state index in [4.69, 9.17) is 16.3 Å². The summed E-state index contributed by atoms with van der Waals surface area (Å²) in [6.45, 7) is 0.836. The molecule has 0 spiro atoms. The largest absolute Gasteiger partial charge is 0.481 e. The maximum atomic E-state index is 13.2. The molecule has 2 aromatic heterocycles. The fourth-order valence-corrected chi connectivity index (χ4v) is 5.66. The molecule has 4 aromatic rings. The molecule has 1 fully saturated rings. The highest BCUT2D eigenvalue weighted by molar-refractivity contribution is 6.36. The van der Waals surface area contributed by atoms with Gasteiger partial charge in [-0.3, -0.25) is 4.90 Å². The summed E-state index contributed by atoms with van der Waals surface area (Å²) < 4.78 is 46.7. The van der Waals surface area contributed by atoms with E-state index in [0.29, 0.717) is 49.8 Å². The Hall–Kier alpha value is -3.65. The Bertz CT molecular complexity index is 1570. The topological polar surface area (TPSA) is 87.2 Å². The first-order valence-corrected chi connectivity index (χ1v) is 13.1. The number of methoxy groups -OCH3 is 1. The number of aliphatic hydroxyl groups is 1. The Morgan fingerprint density at radius 2 is 1.80 bits per heavy atom. The predicted octanol–water partition coefficient (Wildman–Crippen LogP) is 5.56. The third-order valence-electron chi connectivity index (χ3n) is 7.64. The van der Waals surface area contributed by atoms with Crippen LogP contribution < -0.4 is 4.74 Å². The molecule has 5 rings (SSSR count). The lowest BCUT2D eigenvalue weighted by atomic mass is 9.82. The summed E-state index contributed by atoms with van der Waals surface area (Å²) in [5.41, 5.74) is 1.45. The Morgan fingerprint density at radius 1 is 1.12 bits per heavy atom. The van der Waals surface area contributed by atoms with Gasteiger partial charge >= 0.3 is 6.18 Å². The summed E-state index contributed by atoms with van der Waals surface area (Å²) in [5, 5.41) is 22.5. The van der Waals surface area contributed by atoms with E-state index in [-0.39, 0.29) is 32.5 Å². The van der Waals surface area contributed by atoms with Gasteiger partial charge in [0.2, 0.25) is 5.88 Å². The van der Waals surface area contributed by atoms with Crippen LogP contribution in [0.4, 0.5) is 13.2 Å². The van der Waals surface area contributed by atoms with Crippen LogP contribution in [0.3, 0.4) is 0 Å². The molecule has 0 saturated carbocycles. The number of hydrogen-bond donors (Lipinski definition) is 1. The van der Waals surface area contributed by atoms with E-state index in [1.807, 2.05) is 4.90 Å². The van der Waals surface area contributed by atoms with Gasteiger partial charge in [-0.1, -0.05) is 29.8 Å². The van der Waals surface area contributed by atoms with Gasteiger partial charge in [-0.25, -0.2) is 9.97 Å². The van der Waals surface area contributed by atoms with Crippen molar-refractivity contribution in [1.29, 1.82) is 5.26 Å². The Balaban J connectivity index is 1.58. The van der Waals surface area contributed by atoms with Gasteiger partial charge in [-0.05, 0) is 61.3 Å². The minimum Gasteiger partial charge on any atom is -0.481 e. The van der Waals surface area contributed by atoms with Crippen LogP contribution in [-0.4, -0.2) is 50.9 Å². The van der Waals surface area contributed by atoms with Crippen LogP contribution in [-0.2, 0) is 19.2 Å². The van der Waals surface area contributed by atoms with Crippen LogP contribution in [0.25, 0.3) is 10.9 Å². The Labute approximate surface area is 234 Å². The summed E-state index contributed by atoms with van der Waals surface area (Å²) in [5.74, 6) is -0.998. The Kier molecular flexibility index (Phi) is 7.48. The highest BCUT2D eigenvalue weighted by Crippen LogP contribution is 2.41. The van der Waals surface area contributed by atoms with Crippen LogP contribution in [0.5, 0.6) is 5.88 Å². The number of nitriles is 1. The molecule has 1 saturated heterocycles.